The van der Waals surface area contributed by atoms with E-state index in [0.29, 0.717) is 23.3 Å². The molecular formula is C33H40F7N3O5S. The monoisotopic (exact) mass is 723 g/mol. The molecular weight excluding hydrogens is 683 g/mol. The maximum Gasteiger partial charge on any atom is 0.416 e. The number of hydrogen-bond donors (Lipinski definition) is 2. The zero-order chi connectivity index (χ0) is 37.4. The fourth-order valence-electron chi connectivity index (χ4n) is 5.90. The minimum absolute atomic E-state index is 0.000399. The Labute approximate surface area is 283 Å². The quantitative estimate of drug-likeness (QED) is 0.157. The number of ketones is 1. The van der Waals surface area contributed by atoms with Gasteiger partial charge in [-0.3, -0.25) is 4.79 Å². The number of urea groups is 1. The van der Waals surface area contributed by atoms with Gasteiger partial charge in [-0.2, -0.15) is 26.3 Å². The molecule has 1 saturated heterocycles. The first-order valence-electron chi connectivity index (χ1n) is 15.3. The van der Waals surface area contributed by atoms with Crippen molar-refractivity contribution in [2.75, 3.05) is 13.6 Å². The van der Waals surface area contributed by atoms with Crippen LogP contribution in [0.25, 0.3) is 0 Å². The van der Waals surface area contributed by atoms with Gasteiger partial charge < -0.3 is 19.5 Å². The lowest BCUT2D eigenvalue weighted by molar-refractivity contribution is -0.149. The molecule has 2 aromatic carbocycles. The first kappa shape index (κ1) is 40.1. The van der Waals surface area contributed by atoms with E-state index in [-0.39, 0.29) is 25.5 Å². The van der Waals surface area contributed by atoms with Gasteiger partial charge in [0.25, 0.3) is 0 Å². The van der Waals surface area contributed by atoms with Gasteiger partial charge in [-0.15, -0.1) is 4.72 Å². The number of benzene rings is 2. The van der Waals surface area contributed by atoms with E-state index in [0.717, 1.165) is 11.0 Å². The number of hydrogen-bond acceptors (Lipinski definition) is 5. The highest BCUT2D eigenvalue weighted by atomic mass is 32.2. The Morgan fingerprint density at radius 3 is 2.06 bits per heavy atom. The number of likely N-dealkylation sites (tertiary alicyclic amines) is 1. The van der Waals surface area contributed by atoms with Crippen LogP contribution in [-0.4, -0.2) is 61.1 Å². The number of rotatable bonds is 9. The molecule has 1 fully saturated rings. The molecule has 49 heavy (non-hydrogen) atoms. The van der Waals surface area contributed by atoms with Crippen molar-refractivity contribution in [3.8, 4) is 0 Å². The zero-order valence-corrected chi connectivity index (χ0v) is 28.9. The third kappa shape index (κ3) is 9.25. The lowest BCUT2D eigenvalue weighted by atomic mass is 9.71. The molecule has 3 rings (SSSR count). The van der Waals surface area contributed by atoms with Gasteiger partial charge in [0, 0.05) is 31.4 Å². The molecule has 16 heteroatoms. The third-order valence-corrected chi connectivity index (χ3v) is 10.8. The number of carbonyl (C=O) groups is 3. The second-order valence-corrected chi connectivity index (χ2v) is 15.5. The summed E-state index contributed by atoms with van der Waals surface area (Å²) in [5.74, 6) is -4.07. The normalized spacial score (nSPS) is 20.8. The summed E-state index contributed by atoms with van der Waals surface area (Å²) in [6.45, 7) is 9.46. The highest BCUT2D eigenvalue weighted by molar-refractivity contribution is 7.90. The predicted octanol–water partition coefficient (Wildman–Crippen LogP) is 7.59. The number of halogens is 7. The number of nitrogens with one attached hydrogen (secondary N) is 1. The zero-order valence-electron chi connectivity index (χ0n) is 28.1. The first-order valence-corrected chi connectivity index (χ1v) is 16.5. The Bertz CT molecular complexity index is 1530. The van der Waals surface area contributed by atoms with E-state index >= 15 is 0 Å². The number of alkyl halides is 6. The maximum absolute atomic E-state index is 14.2. The average Bonchev–Trinajstić information content (AvgIpc) is 2.98. The SMILES string of the molecule is Cc1cc(F)ccc1[C@H]1C[C@@](N[S+]([O-])C(C)(C)C)(C(C)CC(=O)C(=O)O)CCN1C(=O)N(C)[C@H](C)c1cc(C(F)(F)F)cc(C(F)(F)F)c1. The lowest BCUT2D eigenvalue weighted by Gasteiger charge is -2.51. The Hall–Kier alpha value is -3.37. The fourth-order valence-corrected chi connectivity index (χ4v) is 6.97. The van der Waals surface area contributed by atoms with Crippen molar-refractivity contribution in [3.05, 3.63) is 70.0 Å². The van der Waals surface area contributed by atoms with Gasteiger partial charge in [0.15, 0.2) is 0 Å². The van der Waals surface area contributed by atoms with Gasteiger partial charge in [0.05, 0.1) is 28.7 Å². The highest BCUT2D eigenvalue weighted by Gasteiger charge is 2.51. The molecule has 0 bridgehead atoms. The van der Waals surface area contributed by atoms with Crippen molar-refractivity contribution < 1.29 is 54.8 Å². The number of nitrogens with zero attached hydrogens (tertiary/aromatic N) is 2. The molecule has 0 radical (unpaired) electrons. The van der Waals surface area contributed by atoms with Gasteiger partial charge in [0.2, 0.25) is 5.78 Å². The van der Waals surface area contributed by atoms with Crippen LogP contribution in [0.5, 0.6) is 0 Å². The third-order valence-electron chi connectivity index (χ3n) is 9.07. The summed E-state index contributed by atoms with van der Waals surface area (Å²) in [5, 5.41) is 9.31. The fraction of sp³-hybridized carbons (Fsp3) is 0.545. The van der Waals surface area contributed by atoms with Crippen LogP contribution < -0.4 is 4.72 Å². The Morgan fingerprint density at radius 1 is 1.04 bits per heavy atom. The number of amides is 2. The molecule has 2 aromatic rings. The van der Waals surface area contributed by atoms with Crippen LogP contribution in [-0.2, 0) is 33.3 Å². The lowest BCUT2D eigenvalue weighted by Crippen LogP contribution is -2.63. The van der Waals surface area contributed by atoms with E-state index in [1.54, 1.807) is 34.6 Å². The number of Topliss-reactive ketones (excluding diaryl/α,β-unsaturated/α-hetero) is 1. The summed E-state index contributed by atoms with van der Waals surface area (Å²) < 4.78 is 112. The Balaban J connectivity index is 2.12. The summed E-state index contributed by atoms with van der Waals surface area (Å²) in [4.78, 5) is 40.4. The van der Waals surface area contributed by atoms with E-state index < -0.39 is 98.7 Å². The number of carbonyl (C=O) groups excluding carboxylic acids is 2. The summed E-state index contributed by atoms with van der Waals surface area (Å²) in [5.41, 5.74) is -3.84. The summed E-state index contributed by atoms with van der Waals surface area (Å²) in [6, 6.07) is 1.94. The molecule has 1 heterocycles. The molecule has 272 valence electrons. The number of piperidine rings is 1. The Morgan fingerprint density at radius 2 is 1.59 bits per heavy atom. The molecule has 2 amide bonds. The second kappa shape index (κ2) is 14.5. The molecule has 0 spiro atoms. The molecule has 1 aliphatic rings. The molecule has 5 atom stereocenters. The van der Waals surface area contributed by atoms with E-state index in [4.69, 9.17) is 0 Å². The van der Waals surface area contributed by atoms with Crippen molar-refractivity contribution in [1.29, 1.82) is 0 Å². The number of aliphatic carboxylic acids is 1. The number of aryl methyl sites for hydroxylation is 1. The number of carboxylic acid groups (broad SMARTS) is 1. The van der Waals surface area contributed by atoms with Crippen LogP contribution in [0.3, 0.4) is 0 Å². The predicted molar refractivity (Wildman–Crippen MR) is 168 cm³/mol. The summed E-state index contributed by atoms with van der Waals surface area (Å²) in [7, 11) is 1.23. The summed E-state index contributed by atoms with van der Waals surface area (Å²) in [6.07, 6.45) is -10.7. The molecule has 2 unspecified atom stereocenters. The second-order valence-electron chi connectivity index (χ2n) is 13.5. The van der Waals surface area contributed by atoms with E-state index in [1.807, 2.05) is 0 Å². The summed E-state index contributed by atoms with van der Waals surface area (Å²) >= 11 is -1.75. The van der Waals surface area contributed by atoms with Crippen LogP contribution in [0.2, 0.25) is 0 Å². The highest BCUT2D eigenvalue weighted by Crippen LogP contribution is 2.45. The van der Waals surface area contributed by atoms with Crippen molar-refractivity contribution in [2.24, 2.45) is 5.92 Å². The van der Waals surface area contributed by atoms with Crippen molar-refractivity contribution in [3.63, 3.8) is 0 Å². The molecule has 1 aliphatic heterocycles. The molecule has 0 aromatic heterocycles. The molecule has 8 nitrogen and oxygen atoms in total. The molecule has 0 saturated carbocycles. The van der Waals surface area contributed by atoms with E-state index in [2.05, 4.69) is 4.72 Å². The largest absolute Gasteiger partial charge is 0.598 e. The smallest absolute Gasteiger partial charge is 0.416 e. The topological polar surface area (TPSA) is 113 Å². The van der Waals surface area contributed by atoms with Crippen LogP contribution in [0.15, 0.2) is 36.4 Å². The van der Waals surface area contributed by atoms with Crippen LogP contribution >= 0.6 is 0 Å². The van der Waals surface area contributed by atoms with Crippen LogP contribution in [0.4, 0.5) is 35.5 Å². The van der Waals surface area contributed by atoms with Gasteiger partial charge >= 0.3 is 24.4 Å². The Kier molecular flexibility index (Phi) is 11.8. The maximum atomic E-state index is 14.2. The van der Waals surface area contributed by atoms with Crippen LogP contribution in [0.1, 0.15) is 93.8 Å². The average molecular weight is 724 g/mol. The van der Waals surface area contributed by atoms with Crippen LogP contribution in [0, 0.1) is 18.7 Å². The first-order chi connectivity index (χ1) is 22.3. The van der Waals surface area contributed by atoms with E-state index in [1.165, 1.54) is 31.0 Å². The standard InChI is InChI=1S/C33H40F7N3O5S/c1-18-12-24(34)8-9-25(18)26-17-31(41-49(48)30(4,5)6,19(2)13-27(44)28(45)46)10-11-43(26)29(47)42(7)20(3)21-14-22(32(35,36)37)16-23(15-21)33(38,39)40/h8-9,12,14-16,19-20,26,41H,10-11,13,17H2,1-7H3,(H,45,46)/t19?,20-,26-,31-,49?/m1/s1. The molecule has 0 aliphatic carbocycles. The van der Waals surface area contributed by atoms with Gasteiger partial charge in [-0.25, -0.2) is 14.0 Å². The van der Waals surface area contributed by atoms with Gasteiger partial charge in [0.1, 0.15) is 10.6 Å². The van der Waals surface area contributed by atoms with Gasteiger partial charge in [-0.1, -0.05) is 13.0 Å². The number of carboxylic acids is 1. The minimum atomic E-state index is -5.10. The van der Waals surface area contributed by atoms with Crippen molar-refractivity contribution in [1.82, 2.24) is 14.5 Å². The van der Waals surface area contributed by atoms with Crippen molar-refractivity contribution >= 4 is 29.1 Å². The van der Waals surface area contributed by atoms with E-state index in [9.17, 15) is 54.8 Å². The van der Waals surface area contributed by atoms with Crippen molar-refractivity contribution in [2.45, 2.75) is 95.5 Å². The molecule has 2 N–H and O–H groups in total. The minimum Gasteiger partial charge on any atom is -0.598 e. The van der Waals surface area contributed by atoms with Gasteiger partial charge in [-0.05, 0) is 100 Å².